The van der Waals surface area contributed by atoms with Gasteiger partial charge in [0.25, 0.3) is 0 Å². The van der Waals surface area contributed by atoms with Crippen molar-refractivity contribution in [3.8, 4) is 0 Å². The van der Waals surface area contributed by atoms with Gasteiger partial charge in [0.1, 0.15) is 5.82 Å². The zero-order valence-electron chi connectivity index (χ0n) is 16.2. The molecule has 3 aromatic rings. The second-order valence-electron chi connectivity index (χ2n) is 7.32. The van der Waals surface area contributed by atoms with Crippen LogP contribution in [0.4, 0.5) is 16.0 Å². The van der Waals surface area contributed by atoms with Gasteiger partial charge in [0.2, 0.25) is 5.95 Å². The number of rotatable bonds is 5. The molecule has 1 heterocycles. The van der Waals surface area contributed by atoms with E-state index in [1.54, 1.807) is 26.0 Å². The average Bonchev–Trinajstić information content (AvgIpc) is 3.14. The number of nitrogens with one attached hydrogen (secondary N) is 1. The lowest BCUT2D eigenvalue weighted by Gasteiger charge is -2.17. The topological polar surface area (TPSA) is 68.9 Å². The Bertz CT molecular complexity index is 1210. The fourth-order valence-electron chi connectivity index (χ4n) is 3.42. The molecule has 0 saturated heterocycles. The van der Waals surface area contributed by atoms with E-state index in [-0.39, 0.29) is 24.4 Å². The van der Waals surface area contributed by atoms with Gasteiger partial charge >= 0.3 is 11.4 Å². The fraction of sp³-hybridized carbons (Fsp3) is 0.227. The zero-order valence-corrected chi connectivity index (χ0v) is 16.2. The summed E-state index contributed by atoms with van der Waals surface area (Å²) in [5.74, 6) is -0.195. The molecule has 6 nitrogen and oxygen atoms in total. The summed E-state index contributed by atoms with van der Waals surface area (Å²) in [5, 5.41) is 3.11. The monoisotopic (exact) mass is 392 g/mol. The summed E-state index contributed by atoms with van der Waals surface area (Å²) >= 11 is 0. The van der Waals surface area contributed by atoms with Gasteiger partial charge in [-0.1, -0.05) is 30.4 Å². The third kappa shape index (κ3) is 3.76. The van der Waals surface area contributed by atoms with E-state index in [4.69, 9.17) is 0 Å². The summed E-state index contributed by atoms with van der Waals surface area (Å²) < 4.78 is 15.8. The van der Waals surface area contributed by atoms with Gasteiger partial charge in [0, 0.05) is 11.7 Å². The molecule has 0 unspecified atom stereocenters. The van der Waals surface area contributed by atoms with Crippen LogP contribution in [0.25, 0.3) is 6.08 Å². The summed E-state index contributed by atoms with van der Waals surface area (Å²) in [7, 11) is 0. The normalized spacial score (nSPS) is 12.4. The maximum atomic E-state index is 13.3. The maximum absolute atomic E-state index is 13.3. The predicted molar refractivity (Wildman–Crippen MR) is 111 cm³/mol. The summed E-state index contributed by atoms with van der Waals surface area (Å²) in [4.78, 5) is 29.7. The van der Waals surface area contributed by atoms with Crippen LogP contribution in [-0.4, -0.2) is 14.1 Å². The smallest absolute Gasteiger partial charge is 0.325 e. The van der Waals surface area contributed by atoms with E-state index in [2.05, 4.69) is 16.4 Å². The molecule has 0 amide bonds. The number of anilines is 2. The van der Waals surface area contributed by atoms with Gasteiger partial charge < -0.3 is 5.32 Å². The summed E-state index contributed by atoms with van der Waals surface area (Å²) in [5.41, 5.74) is 2.71. The van der Waals surface area contributed by atoms with Crippen LogP contribution in [0, 0.1) is 5.82 Å². The van der Waals surface area contributed by atoms with Crippen molar-refractivity contribution in [2.24, 2.45) is 0 Å². The molecule has 1 N–H and O–H groups in total. The van der Waals surface area contributed by atoms with Gasteiger partial charge in [-0.2, -0.15) is 4.98 Å². The number of halogens is 1. The van der Waals surface area contributed by atoms with Crippen molar-refractivity contribution >= 4 is 17.7 Å². The molecule has 0 fully saturated rings. The van der Waals surface area contributed by atoms with Gasteiger partial charge in [-0.05, 0) is 61.2 Å². The first-order chi connectivity index (χ1) is 13.9. The molecule has 0 radical (unpaired) electrons. The van der Waals surface area contributed by atoms with Crippen molar-refractivity contribution < 1.29 is 4.39 Å². The average molecular weight is 392 g/mol. The van der Waals surface area contributed by atoms with Gasteiger partial charge in [-0.15, -0.1) is 0 Å². The summed E-state index contributed by atoms with van der Waals surface area (Å²) in [6, 6.07) is 11.4. The van der Waals surface area contributed by atoms with Crippen molar-refractivity contribution in [2.75, 3.05) is 5.32 Å². The minimum atomic E-state index is -0.607. The van der Waals surface area contributed by atoms with E-state index in [1.807, 2.05) is 24.3 Å². The Morgan fingerprint density at radius 2 is 1.90 bits per heavy atom. The molecule has 0 atom stereocenters. The van der Waals surface area contributed by atoms with E-state index in [9.17, 15) is 14.0 Å². The van der Waals surface area contributed by atoms with Gasteiger partial charge in [0.15, 0.2) is 0 Å². The zero-order chi connectivity index (χ0) is 20.5. The van der Waals surface area contributed by atoms with Crippen LogP contribution >= 0.6 is 0 Å². The van der Waals surface area contributed by atoms with Gasteiger partial charge in [-0.3, -0.25) is 4.57 Å². The highest BCUT2D eigenvalue weighted by molar-refractivity contribution is 5.67. The minimum absolute atomic E-state index is 0.156. The molecular formula is C22H21FN4O2. The lowest BCUT2D eigenvalue weighted by Crippen LogP contribution is -2.43. The van der Waals surface area contributed by atoms with Gasteiger partial charge in [-0.25, -0.2) is 18.5 Å². The van der Waals surface area contributed by atoms with Crippen molar-refractivity contribution in [3.05, 3.63) is 92.0 Å². The molecule has 2 aromatic carbocycles. The fourth-order valence-corrected chi connectivity index (χ4v) is 3.42. The van der Waals surface area contributed by atoms with Crippen LogP contribution in [0.5, 0.6) is 0 Å². The van der Waals surface area contributed by atoms with E-state index >= 15 is 0 Å². The van der Waals surface area contributed by atoms with Crippen molar-refractivity contribution in [2.45, 2.75) is 32.9 Å². The highest BCUT2D eigenvalue weighted by atomic mass is 19.1. The van der Waals surface area contributed by atoms with Gasteiger partial charge in [0.05, 0.1) is 6.54 Å². The summed E-state index contributed by atoms with van der Waals surface area (Å²) in [6.45, 7) is 3.67. The molecule has 148 valence electrons. The highest BCUT2D eigenvalue weighted by Crippen LogP contribution is 2.24. The predicted octanol–water partition coefficient (Wildman–Crippen LogP) is 3.49. The van der Waals surface area contributed by atoms with Crippen molar-refractivity contribution in [1.82, 2.24) is 14.1 Å². The molecule has 7 heteroatoms. The molecule has 0 spiro atoms. The molecule has 1 aliphatic carbocycles. The Morgan fingerprint density at radius 3 is 2.62 bits per heavy atom. The Balaban J connectivity index is 1.79. The highest BCUT2D eigenvalue weighted by Gasteiger charge is 2.16. The third-order valence-electron chi connectivity index (χ3n) is 4.91. The molecule has 29 heavy (non-hydrogen) atoms. The SMILES string of the molecule is CC(C)n1c(=O)nc(Nc2ccc3c(c2)C=CC3)n(Cc2ccc(F)cc2)c1=O. The van der Waals surface area contributed by atoms with E-state index < -0.39 is 11.4 Å². The Hall–Kier alpha value is -3.48. The summed E-state index contributed by atoms with van der Waals surface area (Å²) in [6.07, 6.45) is 5.02. The van der Waals surface area contributed by atoms with Crippen molar-refractivity contribution in [1.29, 1.82) is 0 Å². The largest absolute Gasteiger partial charge is 0.355 e. The number of hydrogen-bond donors (Lipinski definition) is 1. The number of benzene rings is 2. The first-order valence-corrected chi connectivity index (χ1v) is 9.46. The standard InChI is InChI=1S/C22H21FN4O2/c1-14(2)27-21(28)25-20(24-19-11-8-16-4-3-5-17(16)12-19)26(22(27)29)13-15-6-9-18(23)10-7-15/h3,5-12,14H,4,13H2,1-2H3,(H,24,25,28). The van der Waals surface area contributed by atoms with Crippen LogP contribution in [0.3, 0.4) is 0 Å². The first-order valence-electron chi connectivity index (χ1n) is 9.46. The van der Waals surface area contributed by atoms with Crippen LogP contribution in [0.2, 0.25) is 0 Å². The minimum Gasteiger partial charge on any atom is -0.325 e. The van der Waals surface area contributed by atoms with Crippen LogP contribution in [0.15, 0.2) is 58.1 Å². The number of nitrogens with zero attached hydrogens (tertiary/aromatic N) is 3. The van der Waals surface area contributed by atoms with E-state index in [0.717, 1.165) is 27.8 Å². The molecular weight excluding hydrogens is 371 g/mol. The second kappa shape index (κ2) is 7.50. The third-order valence-corrected chi connectivity index (χ3v) is 4.91. The molecule has 0 bridgehead atoms. The number of aromatic nitrogens is 3. The Kier molecular flexibility index (Phi) is 4.88. The first kappa shape index (κ1) is 18.9. The number of hydrogen-bond acceptors (Lipinski definition) is 4. The molecule has 4 rings (SSSR count). The molecule has 0 aliphatic heterocycles. The Labute approximate surface area is 167 Å². The number of allylic oxidation sites excluding steroid dienone is 1. The van der Waals surface area contributed by atoms with Crippen LogP contribution in [0.1, 0.15) is 36.6 Å². The van der Waals surface area contributed by atoms with Crippen LogP contribution in [-0.2, 0) is 13.0 Å². The molecule has 1 aliphatic rings. The van der Waals surface area contributed by atoms with E-state index in [0.29, 0.717) is 0 Å². The van der Waals surface area contributed by atoms with Crippen LogP contribution < -0.4 is 16.7 Å². The second-order valence-corrected chi connectivity index (χ2v) is 7.32. The number of fused-ring (bicyclic) bond motifs is 1. The molecule has 0 saturated carbocycles. The van der Waals surface area contributed by atoms with Crippen molar-refractivity contribution in [3.63, 3.8) is 0 Å². The quantitative estimate of drug-likeness (QED) is 0.722. The maximum Gasteiger partial charge on any atom is 0.355 e. The van der Waals surface area contributed by atoms with E-state index in [1.165, 1.54) is 22.3 Å². The molecule has 1 aromatic heterocycles. The Morgan fingerprint density at radius 1 is 1.14 bits per heavy atom. The lowest BCUT2D eigenvalue weighted by molar-refractivity contribution is 0.497. The lowest BCUT2D eigenvalue weighted by atomic mass is 10.1.